The molecule has 0 saturated carbocycles. The van der Waals surface area contributed by atoms with Gasteiger partial charge >= 0.3 is 5.97 Å². The van der Waals surface area contributed by atoms with Gasteiger partial charge in [0.1, 0.15) is 11.5 Å². The number of carbonyl (C=O) groups excluding carboxylic acids is 2. The van der Waals surface area contributed by atoms with Crippen LogP contribution in [0.15, 0.2) is 59.0 Å². The van der Waals surface area contributed by atoms with Crippen LogP contribution in [-0.2, 0) is 9.53 Å². The Labute approximate surface area is 160 Å². The zero-order valence-corrected chi connectivity index (χ0v) is 15.0. The fourth-order valence-electron chi connectivity index (χ4n) is 2.93. The lowest BCUT2D eigenvalue weighted by atomic mass is 10.1. The fourth-order valence-corrected chi connectivity index (χ4v) is 3.10. The number of amides is 1. The second-order valence-electron chi connectivity index (χ2n) is 5.97. The van der Waals surface area contributed by atoms with Gasteiger partial charge in [-0.05, 0) is 42.5 Å². The molecule has 2 heterocycles. The zero-order chi connectivity index (χ0) is 19.0. The number of ether oxygens (including phenoxy) is 1. The molecule has 0 bridgehead atoms. The fraction of sp³-hybridized carbons (Fsp3) is 0.0476. The number of hydrogen-bond donors (Lipinski definition) is 1. The molecule has 0 fully saturated rings. The molecular weight excluding hydrogens is 366 g/mol. The van der Waals surface area contributed by atoms with Gasteiger partial charge in [-0.15, -0.1) is 0 Å². The van der Waals surface area contributed by atoms with Crippen LogP contribution in [0.4, 0.5) is 5.69 Å². The van der Waals surface area contributed by atoms with Gasteiger partial charge < -0.3 is 14.5 Å². The molecule has 0 atom stereocenters. The molecule has 1 aromatic heterocycles. The van der Waals surface area contributed by atoms with Gasteiger partial charge in [0, 0.05) is 16.1 Å². The summed E-state index contributed by atoms with van der Waals surface area (Å²) in [5.74, 6) is 0.591. The first kappa shape index (κ1) is 17.1. The molecule has 4 rings (SSSR count). The van der Waals surface area contributed by atoms with Crippen molar-refractivity contribution in [2.24, 2.45) is 0 Å². The third kappa shape index (κ3) is 3.25. The van der Waals surface area contributed by atoms with E-state index in [2.05, 4.69) is 5.32 Å². The second-order valence-corrected chi connectivity index (χ2v) is 6.41. The normalized spacial score (nSPS) is 14.1. The second kappa shape index (κ2) is 6.78. The van der Waals surface area contributed by atoms with Crippen molar-refractivity contribution in [2.45, 2.75) is 0 Å². The summed E-state index contributed by atoms with van der Waals surface area (Å²) in [6.07, 6.45) is 1.70. The number of methoxy groups -OCH3 is 1. The maximum atomic E-state index is 12.2. The van der Waals surface area contributed by atoms with E-state index in [1.54, 1.807) is 54.6 Å². The topological polar surface area (TPSA) is 68.5 Å². The van der Waals surface area contributed by atoms with E-state index in [9.17, 15) is 9.59 Å². The molecule has 6 heteroatoms. The molecule has 0 unspecified atom stereocenters. The molecule has 0 aliphatic carbocycles. The number of halogens is 1. The number of rotatable bonds is 3. The molecule has 27 heavy (non-hydrogen) atoms. The van der Waals surface area contributed by atoms with Gasteiger partial charge in [-0.1, -0.05) is 29.8 Å². The summed E-state index contributed by atoms with van der Waals surface area (Å²) in [5, 5.41) is 3.35. The summed E-state index contributed by atoms with van der Waals surface area (Å²) in [6, 6.07) is 15.8. The van der Waals surface area contributed by atoms with Crippen molar-refractivity contribution in [3.63, 3.8) is 0 Å². The highest BCUT2D eigenvalue weighted by Crippen LogP contribution is 2.35. The summed E-state index contributed by atoms with van der Waals surface area (Å²) in [6.45, 7) is 0. The molecule has 134 valence electrons. The van der Waals surface area contributed by atoms with E-state index < -0.39 is 5.97 Å². The van der Waals surface area contributed by atoms with Crippen LogP contribution in [0.5, 0.6) is 0 Å². The minimum absolute atomic E-state index is 0.201. The Balaban J connectivity index is 1.63. The Bertz CT molecular complexity index is 1080. The van der Waals surface area contributed by atoms with Crippen molar-refractivity contribution in [1.82, 2.24) is 0 Å². The lowest BCUT2D eigenvalue weighted by Crippen LogP contribution is -2.03. The molecule has 0 spiro atoms. The lowest BCUT2D eigenvalue weighted by molar-refractivity contribution is -0.110. The summed E-state index contributed by atoms with van der Waals surface area (Å²) in [7, 11) is 1.34. The molecule has 1 aliphatic rings. The first-order valence-electron chi connectivity index (χ1n) is 8.17. The Morgan fingerprint density at radius 1 is 1.11 bits per heavy atom. The molecule has 1 N–H and O–H groups in total. The number of anilines is 1. The lowest BCUT2D eigenvalue weighted by Gasteiger charge is -2.01. The van der Waals surface area contributed by atoms with Crippen molar-refractivity contribution in [1.29, 1.82) is 0 Å². The quantitative estimate of drug-likeness (QED) is 0.520. The average molecular weight is 380 g/mol. The zero-order valence-electron chi connectivity index (χ0n) is 14.3. The van der Waals surface area contributed by atoms with Gasteiger partial charge in [-0.2, -0.15) is 0 Å². The van der Waals surface area contributed by atoms with E-state index in [0.717, 1.165) is 11.1 Å². The van der Waals surface area contributed by atoms with Crippen LogP contribution in [0.3, 0.4) is 0 Å². The number of benzene rings is 2. The first-order valence-corrected chi connectivity index (χ1v) is 8.54. The molecule has 1 amide bonds. The number of hydrogen-bond acceptors (Lipinski definition) is 4. The highest BCUT2D eigenvalue weighted by atomic mass is 35.5. The van der Waals surface area contributed by atoms with E-state index in [-0.39, 0.29) is 5.91 Å². The highest BCUT2D eigenvalue weighted by Gasteiger charge is 2.24. The van der Waals surface area contributed by atoms with Gasteiger partial charge in [-0.3, -0.25) is 4.79 Å². The van der Waals surface area contributed by atoms with Gasteiger partial charge in [0.15, 0.2) is 0 Å². The van der Waals surface area contributed by atoms with E-state index in [4.69, 9.17) is 20.8 Å². The SMILES string of the molecule is COC(=O)c1ccc(-c2ccc(/C=C3\C(=O)Nc4cc(Cl)ccc43)o2)cc1. The largest absolute Gasteiger partial charge is 0.465 e. The summed E-state index contributed by atoms with van der Waals surface area (Å²) >= 11 is 5.97. The van der Waals surface area contributed by atoms with Gasteiger partial charge in [0.2, 0.25) is 0 Å². The molecule has 0 saturated heterocycles. The van der Waals surface area contributed by atoms with Crippen LogP contribution in [0.2, 0.25) is 5.02 Å². The number of furan rings is 1. The Hall–Kier alpha value is -3.31. The van der Waals surface area contributed by atoms with Crippen molar-refractivity contribution in [3.05, 3.63) is 76.5 Å². The predicted octanol–water partition coefficient (Wildman–Crippen LogP) is 4.88. The standard InChI is InChI=1S/C21H14ClNO4/c1-26-21(25)13-4-2-12(3-5-13)19-9-7-15(27-19)11-17-16-8-6-14(22)10-18(16)23-20(17)24/h2-11H,1H3,(H,23,24)/b17-11-. The van der Waals surface area contributed by atoms with Crippen molar-refractivity contribution in [2.75, 3.05) is 12.4 Å². The van der Waals surface area contributed by atoms with E-state index >= 15 is 0 Å². The molecule has 0 radical (unpaired) electrons. The predicted molar refractivity (Wildman–Crippen MR) is 103 cm³/mol. The molecule has 5 nitrogen and oxygen atoms in total. The van der Waals surface area contributed by atoms with Crippen LogP contribution >= 0.6 is 11.6 Å². The van der Waals surface area contributed by atoms with Gasteiger partial charge in [0.05, 0.1) is 23.9 Å². The maximum Gasteiger partial charge on any atom is 0.337 e. The first-order chi connectivity index (χ1) is 13.0. The van der Waals surface area contributed by atoms with Crippen molar-refractivity contribution in [3.8, 4) is 11.3 Å². The minimum Gasteiger partial charge on any atom is -0.465 e. The Kier molecular flexibility index (Phi) is 4.30. The third-order valence-electron chi connectivity index (χ3n) is 4.27. The van der Waals surface area contributed by atoms with Crippen molar-refractivity contribution < 1.29 is 18.7 Å². The van der Waals surface area contributed by atoms with Crippen LogP contribution in [-0.4, -0.2) is 19.0 Å². The van der Waals surface area contributed by atoms with E-state index in [1.807, 2.05) is 6.07 Å². The summed E-state index contributed by atoms with van der Waals surface area (Å²) < 4.78 is 10.5. The average Bonchev–Trinajstić information content (AvgIpc) is 3.26. The van der Waals surface area contributed by atoms with Gasteiger partial charge in [0.25, 0.3) is 5.91 Å². The Morgan fingerprint density at radius 3 is 2.63 bits per heavy atom. The van der Waals surface area contributed by atoms with Crippen LogP contribution in [0.25, 0.3) is 23.0 Å². The molecule has 2 aromatic carbocycles. The van der Waals surface area contributed by atoms with Crippen LogP contribution < -0.4 is 5.32 Å². The Morgan fingerprint density at radius 2 is 1.89 bits per heavy atom. The minimum atomic E-state index is -0.391. The van der Waals surface area contributed by atoms with E-state index in [1.165, 1.54) is 7.11 Å². The van der Waals surface area contributed by atoms with Gasteiger partial charge in [-0.25, -0.2) is 4.79 Å². The van der Waals surface area contributed by atoms with E-state index in [0.29, 0.717) is 33.4 Å². The third-order valence-corrected chi connectivity index (χ3v) is 4.50. The van der Waals surface area contributed by atoms with Crippen LogP contribution in [0, 0.1) is 0 Å². The van der Waals surface area contributed by atoms with Crippen molar-refractivity contribution >= 4 is 40.8 Å². The summed E-state index contributed by atoms with van der Waals surface area (Å²) in [5.41, 5.74) is 3.26. The summed E-state index contributed by atoms with van der Waals surface area (Å²) in [4.78, 5) is 23.8. The molecular formula is C21H14ClNO4. The number of fused-ring (bicyclic) bond motifs is 1. The number of nitrogens with one attached hydrogen (secondary N) is 1. The highest BCUT2D eigenvalue weighted by molar-refractivity contribution is 6.36. The molecule has 3 aromatic rings. The smallest absolute Gasteiger partial charge is 0.337 e. The molecule has 1 aliphatic heterocycles. The monoisotopic (exact) mass is 379 g/mol. The van der Waals surface area contributed by atoms with Crippen LogP contribution in [0.1, 0.15) is 21.7 Å². The number of carbonyl (C=O) groups is 2. The maximum absolute atomic E-state index is 12.2. The number of esters is 1.